The fraction of sp³-hybridized carbons (Fsp3) is 0.500. The summed E-state index contributed by atoms with van der Waals surface area (Å²) in [7, 11) is 0. The van der Waals surface area contributed by atoms with Gasteiger partial charge in [0.1, 0.15) is 0 Å². The number of thiophene rings is 1. The summed E-state index contributed by atoms with van der Waals surface area (Å²) in [5.74, 6) is 0.871. The summed E-state index contributed by atoms with van der Waals surface area (Å²) in [5, 5.41) is 12.9. The van der Waals surface area contributed by atoms with E-state index in [0.717, 1.165) is 45.1 Å². The van der Waals surface area contributed by atoms with Gasteiger partial charge in [0.15, 0.2) is 5.96 Å². The summed E-state index contributed by atoms with van der Waals surface area (Å²) >= 11 is 1.74. The minimum absolute atomic E-state index is 0.00731. The average Bonchev–Trinajstić information content (AvgIpc) is 3.25. The van der Waals surface area contributed by atoms with Crippen LogP contribution in [0.2, 0.25) is 0 Å². The zero-order valence-corrected chi connectivity index (χ0v) is 17.7. The molecule has 1 unspecified atom stereocenters. The quantitative estimate of drug-likeness (QED) is 0.467. The van der Waals surface area contributed by atoms with Crippen molar-refractivity contribution < 1.29 is 4.74 Å². The van der Waals surface area contributed by atoms with Crippen molar-refractivity contribution in [3.8, 4) is 0 Å². The van der Waals surface area contributed by atoms with E-state index in [4.69, 9.17) is 9.73 Å². The van der Waals surface area contributed by atoms with Gasteiger partial charge in [0.2, 0.25) is 0 Å². The summed E-state index contributed by atoms with van der Waals surface area (Å²) in [4.78, 5) is 6.03. The van der Waals surface area contributed by atoms with Gasteiger partial charge >= 0.3 is 0 Å². The zero-order chi connectivity index (χ0) is 19.7. The monoisotopic (exact) mass is 400 g/mol. The normalized spacial score (nSPS) is 17.9. The van der Waals surface area contributed by atoms with Crippen molar-refractivity contribution in [1.29, 1.82) is 0 Å². The largest absolute Gasteiger partial charge is 0.381 e. The number of hydrogen-bond acceptors (Lipinski definition) is 4. The number of benzene rings is 1. The van der Waals surface area contributed by atoms with E-state index in [9.17, 15) is 0 Å². The van der Waals surface area contributed by atoms with E-state index < -0.39 is 0 Å². The maximum absolute atomic E-state index is 5.65. The fourth-order valence-electron chi connectivity index (χ4n) is 3.57. The molecule has 1 saturated heterocycles. The Balaban J connectivity index is 1.65. The van der Waals surface area contributed by atoms with Crippen LogP contribution in [-0.2, 0) is 11.3 Å². The molecule has 152 valence electrons. The van der Waals surface area contributed by atoms with Gasteiger partial charge in [0.05, 0.1) is 6.54 Å². The van der Waals surface area contributed by atoms with Gasteiger partial charge in [-0.05, 0) is 43.7 Å². The van der Waals surface area contributed by atoms with Crippen LogP contribution in [-0.4, -0.2) is 37.8 Å². The van der Waals surface area contributed by atoms with Crippen molar-refractivity contribution in [3.63, 3.8) is 0 Å². The maximum atomic E-state index is 5.65. The summed E-state index contributed by atoms with van der Waals surface area (Å²) in [6.45, 7) is 8.30. The summed E-state index contributed by atoms with van der Waals surface area (Å²) < 4.78 is 5.65. The third kappa shape index (κ3) is 6.06. The number of nitrogens with zero attached hydrogens (tertiary/aromatic N) is 1. The van der Waals surface area contributed by atoms with Crippen LogP contribution in [0.3, 0.4) is 0 Å². The molecule has 1 aliphatic heterocycles. The Morgan fingerprint density at radius 3 is 2.61 bits per heavy atom. The molecule has 0 saturated carbocycles. The van der Waals surface area contributed by atoms with Gasteiger partial charge < -0.3 is 20.7 Å². The highest BCUT2D eigenvalue weighted by molar-refractivity contribution is 7.09. The lowest BCUT2D eigenvalue weighted by Gasteiger charge is -2.41. The van der Waals surface area contributed by atoms with E-state index in [1.807, 2.05) is 0 Å². The van der Waals surface area contributed by atoms with E-state index in [1.54, 1.807) is 11.3 Å². The summed E-state index contributed by atoms with van der Waals surface area (Å²) in [6, 6.07) is 15.1. The number of rotatable bonds is 8. The number of nitrogens with one attached hydrogen (secondary N) is 3. The summed E-state index contributed by atoms with van der Waals surface area (Å²) in [5.41, 5.74) is 1.30. The molecule has 1 aromatic heterocycles. The first-order valence-corrected chi connectivity index (χ1v) is 11.0. The smallest absolute Gasteiger partial charge is 0.191 e. The van der Waals surface area contributed by atoms with Crippen LogP contribution < -0.4 is 16.0 Å². The van der Waals surface area contributed by atoms with Gasteiger partial charge in [-0.25, -0.2) is 4.99 Å². The molecule has 0 amide bonds. The molecular formula is C22H32N4OS. The van der Waals surface area contributed by atoms with Crippen LogP contribution >= 0.6 is 11.3 Å². The van der Waals surface area contributed by atoms with Crippen molar-refractivity contribution in [2.24, 2.45) is 4.99 Å². The van der Waals surface area contributed by atoms with Crippen LogP contribution in [0, 0.1) is 0 Å². The van der Waals surface area contributed by atoms with E-state index in [0.29, 0.717) is 6.54 Å². The van der Waals surface area contributed by atoms with E-state index >= 15 is 0 Å². The van der Waals surface area contributed by atoms with Gasteiger partial charge in [-0.1, -0.05) is 36.4 Å². The lowest BCUT2D eigenvalue weighted by molar-refractivity contribution is 0.0355. The Hall–Kier alpha value is -1.89. The van der Waals surface area contributed by atoms with Crippen LogP contribution in [0.1, 0.15) is 43.2 Å². The second-order valence-electron chi connectivity index (χ2n) is 7.30. The SMILES string of the molecule is CCNC(=NCc1cccs1)NCC1(NC(C)c2ccccc2)CCOCC1. The second-order valence-corrected chi connectivity index (χ2v) is 8.33. The molecule has 2 aromatic rings. The van der Waals surface area contributed by atoms with Crippen molar-refractivity contribution >= 4 is 17.3 Å². The zero-order valence-electron chi connectivity index (χ0n) is 16.9. The Labute approximate surface area is 172 Å². The van der Waals surface area contributed by atoms with E-state index in [2.05, 4.69) is 77.6 Å². The molecule has 2 heterocycles. The minimum Gasteiger partial charge on any atom is -0.381 e. The fourth-order valence-corrected chi connectivity index (χ4v) is 4.20. The first-order valence-electron chi connectivity index (χ1n) is 10.2. The molecule has 6 heteroatoms. The Morgan fingerprint density at radius 1 is 1.14 bits per heavy atom. The molecule has 28 heavy (non-hydrogen) atoms. The third-order valence-electron chi connectivity index (χ3n) is 5.18. The summed E-state index contributed by atoms with van der Waals surface area (Å²) in [6.07, 6.45) is 1.98. The third-order valence-corrected chi connectivity index (χ3v) is 6.04. The number of hydrogen-bond donors (Lipinski definition) is 3. The van der Waals surface area contributed by atoms with Crippen LogP contribution in [0.25, 0.3) is 0 Å². The molecule has 0 aliphatic carbocycles. The maximum Gasteiger partial charge on any atom is 0.191 e. The average molecular weight is 401 g/mol. The highest BCUT2D eigenvalue weighted by Gasteiger charge is 2.34. The first kappa shape index (κ1) is 20.8. The van der Waals surface area contributed by atoms with Crippen molar-refractivity contribution in [3.05, 3.63) is 58.3 Å². The Bertz CT molecular complexity index is 711. The Morgan fingerprint density at radius 2 is 1.93 bits per heavy atom. The van der Waals surface area contributed by atoms with Gasteiger partial charge in [0.25, 0.3) is 0 Å². The van der Waals surface area contributed by atoms with Gasteiger partial charge in [-0.15, -0.1) is 11.3 Å². The first-order chi connectivity index (χ1) is 13.7. The van der Waals surface area contributed by atoms with Crippen molar-refractivity contribution in [2.75, 3.05) is 26.3 Å². The van der Waals surface area contributed by atoms with E-state index in [1.165, 1.54) is 10.4 Å². The molecule has 0 spiro atoms. The molecule has 5 nitrogen and oxygen atoms in total. The molecule has 1 aliphatic rings. The van der Waals surface area contributed by atoms with Crippen molar-refractivity contribution in [1.82, 2.24) is 16.0 Å². The standard InChI is InChI=1S/C22H32N4OS/c1-3-23-21(24-16-20-10-7-15-28-20)25-17-22(11-13-27-14-12-22)26-18(2)19-8-5-4-6-9-19/h4-10,15,18,26H,3,11-14,16-17H2,1-2H3,(H2,23,24,25). The molecular weight excluding hydrogens is 368 g/mol. The minimum atomic E-state index is -0.00731. The van der Waals surface area contributed by atoms with Crippen LogP contribution in [0.5, 0.6) is 0 Å². The number of aliphatic imine (C=N–C) groups is 1. The Kier molecular flexibility index (Phi) is 7.89. The van der Waals surface area contributed by atoms with E-state index in [-0.39, 0.29) is 11.6 Å². The lowest BCUT2D eigenvalue weighted by Crippen LogP contribution is -2.58. The highest BCUT2D eigenvalue weighted by atomic mass is 32.1. The predicted molar refractivity (Wildman–Crippen MR) is 118 cm³/mol. The number of guanidine groups is 1. The van der Waals surface area contributed by atoms with Gasteiger partial charge in [0, 0.05) is 42.8 Å². The highest BCUT2D eigenvalue weighted by Crippen LogP contribution is 2.25. The molecule has 1 aromatic carbocycles. The van der Waals surface area contributed by atoms with Crippen LogP contribution in [0.15, 0.2) is 52.8 Å². The number of ether oxygens (including phenoxy) is 1. The molecule has 0 radical (unpaired) electrons. The lowest BCUT2D eigenvalue weighted by atomic mass is 9.88. The molecule has 0 bridgehead atoms. The molecule has 3 N–H and O–H groups in total. The van der Waals surface area contributed by atoms with Crippen LogP contribution in [0.4, 0.5) is 0 Å². The topological polar surface area (TPSA) is 57.7 Å². The molecule has 1 fully saturated rings. The molecule has 1 atom stereocenters. The molecule has 3 rings (SSSR count). The van der Waals surface area contributed by atoms with Crippen molar-refractivity contribution in [2.45, 2.75) is 44.8 Å². The predicted octanol–water partition coefficient (Wildman–Crippen LogP) is 3.70. The van der Waals surface area contributed by atoms with Gasteiger partial charge in [-0.3, -0.25) is 0 Å². The van der Waals surface area contributed by atoms with Gasteiger partial charge in [-0.2, -0.15) is 0 Å². The second kappa shape index (κ2) is 10.6.